The van der Waals surface area contributed by atoms with Crippen LogP contribution in [0.25, 0.3) is 5.69 Å². The van der Waals surface area contributed by atoms with Gasteiger partial charge in [0.05, 0.1) is 17.8 Å². The van der Waals surface area contributed by atoms with Gasteiger partial charge in [-0.2, -0.15) is 5.10 Å². The molecule has 3 aromatic carbocycles. The molecule has 5 rings (SSSR count). The first-order valence-electron chi connectivity index (χ1n) is 13.7. The van der Waals surface area contributed by atoms with Crippen molar-refractivity contribution in [3.05, 3.63) is 129 Å². The fraction of sp³-hybridized carbons (Fsp3) is 0.176. The molecule has 2 heterocycles. The molecule has 0 bridgehead atoms. The summed E-state index contributed by atoms with van der Waals surface area (Å²) in [7, 11) is 1.57. The second kappa shape index (κ2) is 13.5. The van der Waals surface area contributed by atoms with Crippen LogP contribution in [0, 0.1) is 20.8 Å². The quantitative estimate of drug-likeness (QED) is 0.118. The highest BCUT2D eigenvalue weighted by atomic mass is 79.9. The van der Waals surface area contributed by atoms with E-state index in [2.05, 4.69) is 63.1 Å². The van der Waals surface area contributed by atoms with Crippen LogP contribution in [0.15, 0.2) is 98.9 Å². The number of nitrogens with one attached hydrogen (secondary N) is 1. The molecule has 0 saturated heterocycles. The molecule has 5 aromatic rings. The third-order valence-corrected chi connectivity index (χ3v) is 7.32. The second-order valence-corrected chi connectivity index (χ2v) is 10.9. The molecule has 0 unspecified atom stereocenters. The highest BCUT2D eigenvalue weighted by molar-refractivity contribution is 9.10. The van der Waals surface area contributed by atoms with Crippen molar-refractivity contribution in [2.24, 2.45) is 5.10 Å². The number of hydrogen-bond donors (Lipinski definition) is 1. The summed E-state index contributed by atoms with van der Waals surface area (Å²) in [5.41, 5.74) is 8.82. The van der Waals surface area contributed by atoms with E-state index in [0.29, 0.717) is 39.7 Å². The predicted molar refractivity (Wildman–Crippen MR) is 170 cm³/mol. The minimum Gasteiger partial charge on any atom is -0.493 e. The third-order valence-electron chi connectivity index (χ3n) is 6.73. The Kier molecular flexibility index (Phi) is 9.32. The molecule has 0 aliphatic heterocycles. The number of amides is 1. The first-order chi connectivity index (χ1) is 20.8. The summed E-state index contributed by atoms with van der Waals surface area (Å²) in [5.74, 6) is 1.99. The summed E-state index contributed by atoms with van der Waals surface area (Å²) in [6.07, 6.45) is 1.52. The maximum atomic E-state index is 12.6. The number of furan rings is 1. The van der Waals surface area contributed by atoms with Crippen molar-refractivity contribution in [1.82, 2.24) is 9.99 Å². The Bertz CT molecular complexity index is 1730. The Hall–Kier alpha value is -4.76. The van der Waals surface area contributed by atoms with E-state index in [-0.39, 0.29) is 12.4 Å². The Morgan fingerprint density at radius 2 is 1.70 bits per heavy atom. The van der Waals surface area contributed by atoms with Gasteiger partial charge in [0.15, 0.2) is 17.3 Å². The number of aryl methyl sites for hydroxylation is 3. The Labute approximate surface area is 259 Å². The van der Waals surface area contributed by atoms with E-state index < -0.39 is 5.91 Å². The van der Waals surface area contributed by atoms with Crippen molar-refractivity contribution in [1.29, 1.82) is 0 Å². The zero-order valence-electron chi connectivity index (χ0n) is 24.4. The van der Waals surface area contributed by atoms with Gasteiger partial charge in [-0.05, 0) is 108 Å². The third kappa shape index (κ3) is 7.37. The average molecular weight is 643 g/mol. The molecule has 0 atom stereocenters. The molecule has 0 aliphatic rings. The minimum atomic E-state index is -0.478. The van der Waals surface area contributed by atoms with E-state index >= 15 is 0 Å². The number of halogens is 1. The lowest BCUT2D eigenvalue weighted by Gasteiger charge is -2.13. The molecule has 9 heteroatoms. The van der Waals surface area contributed by atoms with Gasteiger partial charge in [0.25, 0.3) is 0 Å². The molecule has 1 N–H and O–H groups in total. The van der Waals surface area contributed by atoms with Crippen LogP contribution >= 0.6 is 15.9 Å². The van der Waals surface area contributed by atoms with Gasteiger partial charge in [-0.25, -0.2) is 5.43 Å². The molecular weight excluding hydrogens is 610 g/mol. The molecular formula is C34H32BrN3O5. The summed E-state index contributed by atoms with van der Waals surface area (Å²) in [5, 5.41) is 4.08. The van der Waals surface area contributed by atoms with Crippen LogP contribution in [0.3, 0.4) is 0 Å². The number of carbonyl (C=O) groups excluding carboxylic acids is 1. The lowest BCUT2D eigenvalue weighted by atomic mass is 10.1. The maximum absolute atomic E-state index is 12.6. The van der Waals surface area contributed by atoms with Crippen LogP contribution < -0.4 is 19.6 Å². The lowest BCUT2D eigenvalue weighted by Crippen LogP contribution is -2.16. The van der Waals surface area contributed by atoms with Gasteiger partial charge < -0.3 is 23.2 Å². The van der Waals surface area contributed by atoms with Crippen molar-refractivity contribution >= 4 is 28.1 Å². The number of nitrogens with zero attached hydrogens (tertiary/aromatic N) is 2. The highest BCUT2D eigenvalue weighted by Crippen LogP contribution is 2.37. The molecule has 0 aliphatic carbocycles. The van der Waals surface area contributed by atoms with E-state index in [1.54, 1.807) is 25.3 Å². The topological polar surface area (TPSA) is 87.2 Å². The first-order valence-corrected chi connectivity index (χ1v) is 14.5. The van der Waals surface area contributed by atoms with Gasteiger partial charge in [-0.1, -0.05) is 29.8 Å². The fourth-order valence-electron chi connectivity index (χ4n) is 4.63. The number of aromatic nitrogens is 1. The summed E-state index contributed by atoms with van der Waals surface area (Å²) in [4.78, 5) is 12.6. The molecule has 220 valence electrons. The number of hydrogen-bond acceptors (Lipinski definition) is 6. The molecule has 8 nitrogen and oxygen atoms in total. The van der Waals surface area contributed by atoms with Crippen LogP contribution in [-0.4, -0.2) is 23.8 Å². The molecule has 1 amide bonds. The van der Waals surface area contributed by atoms with Gasteiger partial charge in [0.2, 0.25) is 0 Å². The minimum absolute atomic E-state index is 0.128. The molecule has 2 aromatic heterocycles. The van der Waals surface area contributed by atoms with Crippen LogP contribution in [0.5, 0.6) is 17.2 Å². The van der Waals surface area contributed by atoms with Crippen molar-refractivity contribution in [3.8, 4) is 22.9 Å². The highest BCUT2D eigenvalue weighted by Gasteiger charge is 2.13. The summed E-state index contributed by atoms with van der Waals surface area (Å²) >= 11 is 3.55. The van der Waals surface area contributed by atoms with Crippen molar-refractivity contribution < 1.29 is 23.4 Å². The Morgan fingerprint density at radius 1 is 0.930 bits per heavy atom. The van der Waals surface area contributed by atoms with Crippen LogP contribution in [0.2, 0.25) is 0 Å². The number of benzene rings is 3. The molecule has 43 heavy (non-hydrogen) atoms. The second-order valence-electron chi connectivity index (χ2n) is 10.0. The molecule has 0 saturated carbocycles. The maximum Gasteiger partial charge on any atom is 0.307 e. The predicted octanol–water partition coefficient (Wildman–Crippen LogP) is 7.69. The van der Waals surface area contributed by atoms with E-state index in [1.807, 2.05) is 55.5 Å². The standard InChI is InChI=1S/C34H32BrN3O5/c1-22-6-5-7-25(16-22)20-42-33-30(35)17-26(18-32(33)40-4)19-36-37-34(39)31-15-14-29(43-31)21-41-28-12-10-27(11-13-28)38-23(2)8-9-24(38)3/h5-19H,20-21H2,1-4H3,(H,37,39)/b36-19+. The summed E-state index contributed by atoms with van der Waals surface area (Å²) in [6.45, 7) is 6.77. The Balaban J connectivity index is 1.14. The zero-order valence-corrected chi connectivity index (χ0v) is 26.0. The SMILES string of the molecule is COc1cc(/C=N/NC(=O)c2ccc(COc3ccc(-n4c(C)ccc4C)cc3)o2)cc(Br)c1OCc1cccc(C)c1. The number of methoxy groups -OCH3 is 1. The first kappa shape index (κ1) is 29.7. The number of rotatable bonds is 11. The van der Waals surface area contributed by atoms with Crippen LogP contribution in [0.4, 0.5) is 0 Å². The van der Waals surface area contributed by atoms with Crippen molar-refractivity contribution in [3.63, 3.8) is 0 Å². The van der Waals surface area contributed by atoms with E-state index in [0.717, 1.165) is 11.3 Å². The van der Waals surface area contributed by atoms with Crippen LogP contribution in [-0.2, 0) is 13.2 Å². The molecule has 0 fully saturated rings. The number of hydrazone groups is 1. The van der Waals surface area contributed by atoms with E-state index in [1.165, 1.54) is 23.2 Å². The fourth-order valence-corrected chi connectivity index (χ4v) is 5.21. The van der Waals surface area contributed by atoms with Crippen molar-refractivity contribution in [2.45, 2.75) is 34.0 Å². The zero-order chi connectivity index (χ0) is 30.3. The normalized spacial score (nSPS) is 11.1. The number of ether oxygens (including phenoxy) is 3. The van der Waals surface area contributed by atoms with Crippen LogP contribution in [0.1, 0.15) is 44.4 Å². The van der Waals surface area contributed by atoms with E-state index in [9.17, 15) is 4.79 Å². The monoisotopic (exact) mass is 641 g/mol. The average Bonchev–Trinajstić information content (AvgIpc) is 3.61. The smallest absolute Gasteiger partial charge is 0.307 e. The van der Waals surface area contributed by atoms with Gasteiger partial charge in [0, 0.05) is 17.1 Å². The van der Waals surface area contributed by atoms with Gasteiger partial charge in [-0.3, -0.25) is 4.79 Å². The lowest BCUT2D eigenvalue weighted by molar-refractivity contribution is 0.0923. The van der Waals surface area contributed by atoms with Gasteiger partial charge in [-0.15, -0.1) is 0 Å². The summed E-state index contributed by atoms with van der Waals surface area (Å²) < 4.78 is 26.0. The molecule has 0 spiro atoms. The summed E-state index contributed by atoms with van der Waals surface area (Å²) in [6, 6.07) is 27.1. The van der Waals surface area contributed by atoms with Gasteiger partial charge in [0.1, 0.15) is 24.7 Å². The largest absolute Gasteiger partial charge is 0.493 e. The molecule has 0 radical (unpaired) electrons. The van der Waals surface area contributed by atoms with Crippen molar-refractivity contribution in [2.75, 3.05) is 7.11 Å². The van der Waals surface area contributed by atoms with Gasteiger partial charge >= 0.3 is 5.91 Å². The number of carbonyl (C=O) groups is 1. The van der Waals surface area contributed by atoms with E-state index in [4.69, 9.17) is 18.6 Å². The Morgan fingerprint density at radius 3 is 2.42 bits per heavy atom.